The molecule has 0 aromatic heterocycles. The highest BCUT2D eigenvalue weighted by atomic mass is 16.5. The standard InChI is InChI=1S/C28H38N2O3/c1-20(2)24-14-9-22(10-15-24)13-18-27(31)30(19-23-11-16-26(33-4)17-12-23)21(3)28(32)29-25-7-5-6-8-25/h9-12,14-17,20-21,25H,5-8,13,18-19H2,1-4H3,(H,29,32). The Hall–Kier alpha value is -2.82. The van der Waals surface area contributed by atoms with Gasteiger partial charge in [0.25, 0.3) is 0 Å². The third-order valence-corrected chi connectivity index (χ3v) is 6.65. The largest absolute Gasteiger partial charge is 0.497 e. The number of ether oxygens (including phenoxy) is 1. The fraction of sp³-hybridized carbons (Fsp3) is 0.500. The van der Waals surface area contributed by atoms with Crippen LogP contribution in [0.4, 0.5) is 0 Å². The van der Waals surface area contributed by atoms with E-state index in [1.807, 2.05) is 31.2 Å². The van der Waals surface area contributed by atoms with Crippen LogP contribution >= 0.6 is 0 Å². The lowest BCUT2D eigenvalue weighted by atomic mass is 10.00. The second-order valence-electron chi connectivity index (χ2n) is 9.43. The summed E-state index contributed by atoms with van der Waals surface area (Å²) in [5.41, 5.74) is 3.41. The molecule has 0 saturated heterocycles. The Morgan fingerprint density at radius 3 is 2.15 bits per heavy atom. The number of benzene rings is 2. The number of aryl methyl sites for hydroxylation is 1. The summed E-state index contributed by atoms with van der Waals surface area (Å²) in [6, 6.07) is 15.9. The third-order valence-electron chi connectivity index (χ3n) is 6.65. The van der Waals surface area contributed by atoms with Gasteiger partial charge in [0.2, 0.25) is 11.8 Å². The second kappa shape index (κ2) is 11.9. The molecule has 178 valence electrons. The van der Waals surface area contributed by atoms with Gasteiger partial charge in [-0.15, -0.1) is 0 Å². The maximum absolute atomic E-state index is 13.3. The molecule has 2 amide bonds. The van der Waals surface area contributed by atoms with E-state index in [9.17, 15) is 9.59 Å². The minimum Gasteiger partial charge on any atom is -0.497 e. The van der Waals surface area contributed by atoms with Crippen LogP contribution in [0.5, 0.6) is 5.75 Å². The molecule has 2 aromatic carbocycles. The summed E-state index contributed by atoms with van der Waals surface area (Å²) >= 11 is 0. The normalized spacial score (nSPS) is 14.8. The molecule has 1 aliphatic rings. The van der Waals surface area contributed by atoms with Gasteiger partial charge in [0, 0.05) is 19.0 Å². The van der Waals surface area contributed by atoms with Crippen molar-refractivity contribution in [1.82, 2.24) is 10.2 Å². The Labute approximate surface area is 198 Å². The number of rotatable bonds is 10. The first-order valence-electron chi connectivity index (χ1n) is 12.2. The van der Waals surface area contributed by atoms with Crippen molar-refractivity contribution in [3.05, 3.63) is 65.2 Å². The first-order chi connectivity index (χ1) is 15.9. The summed E-state index contributed by atoms with van der Waals surface area (Å²) in [6.07, 6.45) is 5.40. The van der Waals surface area contributed by atoms with Gasteiger partial charge in [-0.1, -0.05) is 63.1 Å². The number of nitrogens with one attached hydrogen (secondary N) is 1. The monoisotopic (exact) mass is 450 g/mol. The van der Waals surface area contributed by atoms with Crippen molar-refractivity contribution in [1.29, 1.82) is 0 Å². The fourth-order valence-electron chi connectivity index (χ4n) is 4.37. The predicted octanol–water partition coefficient (Wildman–Crippen LogP) is 5.23. The van der Waals surface area contributed by atoms with Crippen molar-refractivity contribution >= 4 is 11.8 Å². The number of carbonyl (C=O) groups excluding carboxylic acids is 2. The van der Waals surface area contributed by atoms with E-state index in [-0.39, 0.29) is 17.9 Å². The molecule has 1 N–H and O–H groups in total. The van der Waals surface area contributed by atoms with Crippen molar-refractivity contribution in [3.8, 4) is 5.75 Å². The molecule has 0 bridgehead atoms. The topological polar surface area (TPSA) is 58.6 Å². The van der Waals surface area contributed by atoms with Gasteiger partial charge in [-0.2, -0.15) is 0 Å². The molecule has 3 rings (SSSR count). The van der Waals surface area contributed by atoms with Gasteiger partial charge in [0.15, 0.2) is 0 Å². The lowest BCUT2D eigenvalue weighted by Gasteiger charge is -2.30. The molecule has 1 saturated carbocycles. The lowest BCUT2D eigenvalue weighted by molar-refractivity contribution is -0.140. The van der Waals surface area contributed by atoms with Gasteiger partial charge in [0.1, 0.15) is 11.8 Å². The number of nitrogens with zero attached hydrogens (tertiary/aromatic N) is 1. The zero-order chi connectivity index (χ0) is 23.8. The molecule has 33 heavy (non-hydrogen) atoms. The van der Waals surface area contributed by atoms with Crippen LogP contribution in [-0.2, 0) is 22.6 Å². The average molecular weight is 451 g/mol. The van der Waals surface area contributed by atoms with E-state index in [4.69, 9.17) is 4.74 Å². The molecule has 5 nitrogen and oxygen atoms in total. The molecule has 1 unspecified atom stereocenters. The fourth-order valence-corrected chi connectivity index (χ4v) is 4.37. The zero-order valence-corrected chi connectivity index (χ0v) is 20.5. The van der Waals surface area contributed by atoms with E-state index in [1.54, 1.807) is 12.0 Å². The van der Waals surface area contributed by atoms with Gasteiger partial charge < -0.3 is 15.0 Å². The maximum atomic E-state index is 13.3. The lowest BCUT2D eigenvalue weighted by Crippen LogP contribution is -2.49. The summed E-state index contributed by atoms with van der Waals surface area (Å²) in [6.45, 7) is 6.58. The minimum atomic E-state index is -0.525. The molecule has 0 spiro atoms. The quantitative estimate of drug-likeness (QED) is 0.539. The third kappa shape index (κ3) is 7.08. The Bertz CT molecular complexity index is 900. The van der Waals surface area contributed by atoms with Gasteiger partial charge in [-0.25, -0.2) is 0 Å². The van der Waals surface area contributed by atoms with E-state index in [2.05, 4.69) is 43.4 Å². The van der Waals surface area contributed by atoms with Crippen molar-refractivity contribution in [2.75, 3.05) is 7.11 Å². The van der Waals surface area contributed by atoms with Crippen LogP contribution in [0.15, 0.2) is 48.5 Å². The van der Waals surface area contributed by atoms with Crippen LogP contribution in [0.2, 0.25) is 0 Å². The van der Waals surface area contributed by atoms with Crippen LogP contribution in [0, 0.1) is 0 Å². The Morgan fingerprint density at radius 2 is 1.58 bits per heavy atom. The van der Waals surface area contributed by atoms with Crippen molar-refractivity contribution < 1.29 is 14.3 Å². The van der Waals surface area contributed by atoms with E-state index in [0.717, 1.165) is 42.6 Å². The first kappa shape index (κ1) is 24.8. The van der Waals surface area contributed by atoms with E-state index in [0.29, 0.717) is 25.3 Å². The van der Waals surface area contributed by atoms with Crippen molar-refractivity contribution in [2.24, 2.45) is 0 Å². The van der Waals surface area contributed by atoms with Crippen LogP contribution < -0.4 is 10.1 Å². The van der Waals surface area contributed by atoms with Gasteiger partial charge in [0.05, 0.1) is 7.11 Å². The molecular formula is C28H38N2O3. The first-order valence-corrected chi connectivity index (χ1v) is 12.2. The van der Waals surface area contributed by atoms with E-state index >= 15 is 0 Å². The molecule has 0 radical (unpaired) electrons. The van der Waals surface area contributed by atoms with Crippen LogP contribution in [-0.4, -0.2) is 35.9 Å². The number of hydrogen-bond acceptors (Lipinski definition) is 3. The van der Waals surface area contributed by atoms with Crippen LogP contribution in [0.1, 0.15) is 75.5 Å². The van der Waals surface area contributed by atoms with Gasteiger partial charge >= 0.3 is 0 Å². The Kier molecular flexibility index (Phi) is 8.93. The average Bonchev–Trinajstić information content (AvgIpc) is 3.34. The second-order valence-corrected chi connectivity index (χ2v) is 9.43. The van der Waals surface area contributed by atoms with E-state index < -0.39 is 6.04 Å². The Balaban J connectivity index is 1.69. The zero-order valence-electron chi connectivity index (χ0n) is 20.5. The Morgan fingerprint density at radius 1 is 0.970 bits per heavy atom. The molecule has 1 aliphatic carbocycles. The van der Waals surface area contributed by atoms with Crippen LogP contribution in [0.3, 0.4) is 0 Å². The highest BCUT2D eigenvalue weighted by Gasteiger charge is 2.28. The molecule has 0 aliphatic heterocycles. The summed E-state index contributed by atoms with van der Waals surface area (Å²) in [7, 11) is 1.63. The predicted molar refractivity (Wildman–Crippen MR) is 132 cm³/mol. The van der Waals surface area contributed by atoms with Crippen LogP contribution in [0.25, 0.3) is 0 Å². The number of hydrogen-bond donors (Lipinski definition) is 1. The molecule has 1 fully saturated rings. The van der Waals surface area contributed by atoms with Crippen molar-refractivity contribution in [2.45, 2.75) is 83.8 Å². The smallest absolute Gasteiger partial charge is 0.242 e. The number of amides is 2. The highest BCUT2D eigenvalue weighted by molar-refractivity contribution is 5.87. The SMILES string of the molecule is COc1ccc(CN(C(=O)CCc2ccc(C(C)C)cc2)C(C)C(=O)NC2CCCC2)cc1. The van der Waals surface area contributed by atoms with E-state index in [1.165, 1.54) is 5.56 Å². The van der Waals surface area contributed by atoms with Gasteiger partial charge in [-0.05, 0) is 60.9 Å². The summed E-state index contributed by atoms with van der Waals surface area (Å²) < 4.78 is 5.25. The summed E-state index contributed by atoms with van der Waals surface area (Å²) in [5.74, 6) is 1.19. The maximum Gasteiger partial charge on any atom is 0.242 e. The number of methoxy groups -OCH3 is 1. The molecule has 5 heteroatoms. The molecule has 1 atom stereocenters. The molecule has 0 heterocycles. The minimum absolute atomic E-state index is 0.00664. The molecule has 2 aromatic rings. The summed E-state index contributed by atoms with van der Waals surface area (Å²) in [5, 5.41) is 3.16. The molecular weight excluding hydrogens is 412 g/mol. The highest BCUT2D eigenvalue weighted by Crippen LogP contribution is 2.20. The van der Waals surface area contributed by atoms with Gasteiger partial charge in [-0.3, -0.25) is 9.59 Å². The number of carbonyl (C=O) groups is 2. The summed E-state index contributed by atoms with van der Waals surface area (Å²) in [4.78, 5) is 28.0. The van der Waals surface area contributed by atoms with Crippen molar-refractivity contribution in [3.63, 3.8) is 0 Å².